The standard InChI is InChI=1S/C18H9F3O3/c19-18(20,21)14-8-4-3-7-12(14)17(24)13-9-15(22)10-5-1-2-6-11(10)16(13)23/h1-9H. The van der Waals surface area contributed by atoms with Crippen LogP contribution in [0, 0.1) is 0 Å². The first-order valence-corrected chi connectivity index (χ1v) is 6.91. The minimum absolute atomic E-state index is 0.0119. The van der Waals surface area contributed by atoms with Crippen LogP contribution < -0.4 is 0 Å². The maximum Gasteiger partial charge on any atom is 0.417 e. The van der Waals surface area contributed by atoms with E-state index in [0.29, 0.717) is 0 Å². The highest BCUT2D eigenvalue weighted by atomic mass is 19.4. The molecule has 3 rings (SSSR count). The molecule has 0 spiro atoms. The Hall–Kier alpha value is -3.02. The fourth-order valence-corrected chi connectivity index (χ4v) is 2.56. The lowest BCUT2D eigenvalue weighted by Gasteiger charge is -2.16. The van der Waals surface area contributed by atoms with E-state index in [1.165, 1.54) is 24.3 Å². The predicted molar refractivity (Wildman–Crippen MR) is 79.0 cm³/mol. The second-order valence-electron chi connectivity index (χ2n) is 5.17. The number of benzene rings is 2. The number of fused-ring (bicyclic) bond motifs is 1. The summed E-state index contributed by atoms with van der Waals surface area (Å²) in [5.74, 6) is -2.46. The fraction of sp³-hybridized carbons (Fsp3) is 0.0556. The lowest BCUT2D eigenvalue weighted by Crippen LogP contribution is -2.24. The lowest BCUT2D eigenvalue weighted by atomic mass is 9.85. The van der Waals surface area contributed by atoms with Crippen LogP contribution in [0.25, 0.3) is 0 Å². The van der Waals surface area contributed by atoms with E-state index in [-0.39, 0.29) is 11.1 Å². The van der Waals surface area contributed by atoms with Crippen LogP contribution >= 0.6 is 0 Å². The second-order valence-corrected chi connectivity index (χ2v) is 5.17. The minimum atomic E-state index is -4.74. The van der Waals surface area contributed by atoms with Gasteiger partial charge in [0.1, 0.15) is 0 Å². The van der Waals surface area contributed by atoms with Crippen LogP contribution in [-0.4, -0.2) is 17.3 Å². The SMILES string of the molecule is O=C1C=C(C(=O)c2ccccc2C(F)(F)F)C(=O)c2ccccc21. The third-order valence-corrected chi connectivity index (χ3v) is 3.68. The lowest BCUT2D eigenvalue weighted by molar-refractivity contribution is -0.137. The van der Waals surface area contributed by atoms with Gasteiger partial charge in [-0.1, -0.05) is 42.5 Å². The van der Waals surface area contributed by atoms with Crippen LogP contribution in [0.15, 0.2) is 60.2 Å². The topological polar surface area (TPSA) is 51.2 Å². The average molecular weight is 330 g/mol. The second kappa shape index (κ2) is 5.56. The maximum absolute atomic E-state index is 13.1. The van der Waals surface area contributed by atoms with Crippen LogP contribution in [-0.2, 0) is 6.18 Å². The van der Waals surface area contributed by atoms with Gasteiger partial charge in [-0.25, -0.2) is 0 Å². The van der Waals surface area contributed by atoms with E-state index in [0.717, 1.165) is 24.3 Å². The first kappa shape index (κ1) is 15.9. The van der Waals surface area contributed by atoms with E-state index in [9.17, 15) is 27.6 Å². The van der Waals surface area contributed by atoms with Crippen LogP contribution in [0.3, 0.4) is 0 Å². The smallest absolute Gasteiger partial charge is 0.289 e. The van der Waals surface area contributed by atoms with Gasteiger partial charge in [0, 0.05) is 22.8 Å². The van der Waals surface area contributed by atoms with Gasteiger partial charge < -0.3 is 0 Å². The van der Waals surface area contributed by atoms with Crippen molar-refractivity contribution in [2.75, 3.05) is 0 Å². The Morgan fingerprint density at radius 2 is 1.42 bits per heavy atom. The summed E-state index contributed by atoms with van der Waals surface area (Å²) in [4.78, 5) is 37.0. The summed E-state index contributed by atoms with van der Waals surface area (Å²) in [6, 6.07) is 10.0. The number of allylic oxidation sites excluding steroid dienone is 2. The molecule has 1 aliphatic rings. The number of Topliss-reactive ketones (excluding diaryl/α,β-unsaturated/α-hetero) is 2. The van der Waals surface area contributed by atoms with Gasteiger partial charge in [0.25, 0.3) is 0 Å². The number of alkyl halides is 3. The summed E-state index contributed by atoms with van der Waals surface area (Å²) in [6.45, 7) is 0. The van der Waals surface area contributed by atoms with Gasteiger partial charge >= 0.3 is 6.18 Å². The van der Waals surface area contributed by atoms with Crippen molar-refractivity contribution in [3.05, 3.63) is 82.4 Å². The van der Waals surface area contributed by atoms with Crippen molar-refractivity contribution in [3.63, 3.8) is 0 Å². The zero-order chi connectivity index (χ0) is 17.5. The summed E-state index contributed by atoms with van der Waals surface area (Å²) in [7, 11) is 0. The maximum atomic E-state index is 13.1. The van der Waals surface area contributed by atoms with E-state index in [1.54, 1.807) is 6.07 Å². The number of hydrogen-bond donors (Lipinski definition) is 0. The molecule has 3 nitrogen and oxygen atoms in total. The molecule has 0 unspecified atom stereocenters. The van der Waals surface area contributed by atoms with E-state index in [2.05, 4.69) is 0 Å². The molecule has 0 saturated heterocycles. The Morgan fingerprint density at radius 1 is 0.833 bits per heavy atom. The number of rotatable bonds is 2. The third kappa shape index (κ3) is 2.56. The van der Waals surface area contributed by atoms with Gasteiger partial charge in [0.05, 0.1) is 11.1 Å². The predicted octanol–water partition coefficient (Wildman–Crippen LogP) is 3.89. The van der Waals surface area contributed by atoms with Gasteiger partial charge in [-0.2, -0.15) is 13.2 Å². The quantitative estimate of drug-likeness (QED) is 0.620. The van der Waals surface area contributed by atoms with Crippen molar-refractivity contribution in [3.8, 4) is 0 Å². The average Bonchev–Trinajstić information content (AvgIpc) is 2.57. The van der Waals surface area contributed by atoms with Gasteiger partial charge in [0.15, 0.2) is 17.3 Å². The van der Waals surface area contributed by atoms with E-state index in [1.807, 2.05) is 0 Å². The molecule has 120 valence electrons. The van der Waals surface area contributed by atoms with Crippen LogP contribution in [0.5, 0.6) is 0 Å². The Labute approximate surface area is 134 Å². The third-order valence-electron chi connectivity index (χ3n) is 3.68. The number of carbonyl (C=O) groups excluding carboxylic acids is 3. The minimum Gasteiger partial charge on any atom is -0.289 e. The number of hydrogen-bond acceptors (Lipinski definition) is 3. The highest BCUT2D eigenvalue weighted by Gasteiger charge is 2.37. The van der Waals surface area contributed by atoms with E-state index in [4.69, 9.17) is 0 Å². The summed E-state index contributed by atoms with van der Waals surface area (Å²) in [6.07, 6.45) is -3.94. The van der Waals surface area contributed by atoms with Crippen molar-refractivity contribution < 1.29 is 27.6 Å². The Kier molecular flexibility index (Phi) is 3.67. The van der Waals surface area contributed by atoms with Gasteiger partial charge in [-0.15, -0.1) is 0 Å². The first-order valence-electron chi connectivity index (χ1n) is 6.91. The van der Waals surface area contributed by atoms with Crippen LogP contribution in [0.2, 0.25) is 0 Å². The summed E-state index contributed by atoms with van der Waals surface area (Å²) < 4.78 is 39.2. The molecule has 0 aromatic heterocycles. The normalized spacial score (nSPS) is 14.2. The molecule has 6 heteroatoms. The Morgan fingerprint density at radius 3 is 2.08 bits per heavy atom. The highest BCUT2D eigenvalue weighted by Crippen LogP contribution is 2.34. The molecule has 2 aromatic rings. The molecule has 2 aromatic carbocycles. The van der Waals surface area contributed by atoms with Crippen LogP contribution in [0.1, 0.15) is 36.6 Å². The molecule has 0 bridgehead atoms. The van der Waals surface area contributed by atoms with Crippen molar-refractivity contribution in [2.24, 2.45) is 0 Å². The van der Waals surface area contributed by atoms with Gasteiger partial charge in [0.2, 0.25) is 0 Å². The van der Waals surface area contributed by atoms with Crippen molar-refractivity contribution >= 4 is 17.3 Å². The molecule has 0 heterocycles. The monoisotopic (exact) mass is 330 g/mol. The first-order chi connectivity index (χ1) is 11.3. The molecule has 0 atom stereocenters. The molecular weight excluding hydrogens is 321 g/mol. The van der Waals surface area contributed by atoms with E-state index >= 15 is 0 Å². The molecule has 0 N–H and O–H groups in total. The highest BCUT2D eigenvalue weighted by molar-refractivity contribution is 6.38. The molecule has 0 radical (unpaired) electrons. The fourth-order valence-electron chi connectivity index (χ4n) is 2.56. The molecule has 0 aliphatic heterocycles. The Balaban J connectivity index is 2.10. The molecule has 0 fully saturated rings. The van der Waals surface area contributed by atoms with Crippen molar-refractivity contribution in [1.29, 1.82) is 0 Å². The van der Waals surface area contributed by atoms with Crippen molar-refractivity contribution in [1.82, 2.24) is 0 Å². The van der Waals surface area contributed by atoms with Gasteiger partial charge in [-0.05, 0) is 6.07 Å². The van der Waals surface area contributed by atoms with Crippen LogP contribution in [0.4, 0.5) is 13.2 Å². The zero-order valence-electron chi connectivity index (χ0n) is 12.1. The number of carbonyl (C=O) groups is 3. The van der Waals surface area contributed by atoms with E-state index < -0.39 is 40.2 Å². The largest absolute Gasteiger partial charge is 0.417 e. The van der Waals surface area contributed by atoms with Crippen molar-refractivity contribution in [2.45, 2.75) is 6.18 Å². The zero-order valence-corrected chi connectivity index (χ0v) is 12.1. The summed E-state index contributed by atoms with van der Waals surface area (Å²) in [5, 5.41) is 0. The summed E-state index contributed by atoms with van der Waals surface area (Å²) >= 11 is 0. The molecule has 24 heavy (non-hydrogen) atoms. The molecular formula is C18H9F3O3. The molecule has 0 saturated carbocycles. The number of halogens is 3. The summed E-state index contributed by atoms with van der Waals surface area (Å²) in [5.41, 5.74) is -2.22. The molecule has 0 amide bonds. The van der Waals surface area contributed by atoms with Gasteiger partial charge in [-0.3, -0.25) is 14.4 Å². The number of ketones is 3. The Bertz CT molecular complexity index is 908. The molecule has 1 aliphatic carbocycles.